The van der Waals surface area contributed by atoms with E-state index in [4.69, 9.17) is 10.5 Å². The Balaban J connectivity index is 1.65. The second-order valence-corrected chi connectivity index (χ2v) is 4.39. The Morgan fingerprint density at radius 1 is 1.40 bits per heavy atom. The van der Waals surface area contributed by atoms with Crippen molar-refractivity contribution in [3.63, 3.8) is 0 Å². The molecule has 0 aliphatic carbocycles. The number of imidazole rings is 1. The van der Waals surface area contributed by atoms with Crippen molar-refractivity contribution in [3.05, 3.63) is 54.1 Å². The van der Waals surface area contributed by atoms with Crippen LogP contribution in [0, 0.1) is 0 Å². The monoisotopic (exact) mass is 274 g/mol. The summed E-state index contributed by atoms with van der Waals surface area (Å²) in [4.78, 5) is 18.6. The van der Waals surface area contributed by atoms with Crippen LogP contribution < -0.4 is 11.1 Å². The summed E-state index contributed by atoms with van der Waals surface area (Å²) in [5.41, 5.74) is 7.60. The van der Waals surface area contributed by atoms with Crippen molar-refractivity contribution in [1.29, 1.82) is 0 Å². The fourth-order valence-corrected chi connectivity index (χ4v) is 1.72. The van der Waals surface area contributed by atoms with Gasteiger partial charge in [0.1, 0.15) is 6.73 Å². The third-order valence-electron chi connectivity index (χ3n) is 2.78. The summed E-state index contributed by atoms with van der Waals surface area (Å²) < 4.78 is 5.37. The highest BCUT2D eigenvalue weighted by Gasteiger charge is 2.14. The van der Waals surface area contributed by atoms with Gasteiger partial charge in [0, 0.05) is 12.6 Å². The molecule has 6 nitrogen and oxygen atoms in total. The van der Waals surface area contributed by atoms with Crippen molar-refractivity contribution in [2.75, 3.05) is 6.73 Å². The molecule has 2 aromatic rings. The number of nitrogens with two attached hydrogens (primary N) is 1. The second-order valence-electron chi connectivity index (χ2n) is 4.39. The number of rotatable bonds is 7. The van der Waals surface area contributed by atoms with Crippen LogP contribution in [0.2, 0.25) is 0 Å². The average molecular weight is 274 g/mol. The lowest BCUT2D eigenvalue weighted by molar-refractivity contribution is -0.124. The number of carbonyl (C=O) groups excluding carboxylic acids is 1. The molecule has 0 saturated heterocycles. The van der Waals surface area contributed by atoms with E-state index >= 15 is 0 Å². The third kappa shape index (κ3) is 4.49. The average Bonchev–Trinajstić information content (AvgIpc) is 2.97. The van der Waals surface area contributed by atoms with E-state index in [1.807, 2.05) is 30.3 Å². The second kappa shape index (κ2) is 7.42. The molecule has 1 aromatic carbocycles. The molecule has 106 valence electrons. The van der Waals surface area contributed by atoms with Crippen molar-refractivity contribution in [2.24, 2.45) is 5.73 Å². The van der Waals surface area contributed by atoms with Crippen LogP contribution in [-0.4, -0.2) is 28.6 Å². The fourth-order valence-electron chi connectivity index (χ4n) is 1.72. The van der Waals surface area contributed by atoms with Crippen LogP contribution in [-0.2, 0) is 22.6 Å². The summed E-state index contributed by atoms with van der Waals surface area (Å²) >= 11 is 0. The van der Waals surface area contributed by atoms with Crippen LogP contribution in [0.3, 0.4) is 0 Å². The van der Waals surface area contributed by atoms with Crippen LogP contribution in [0.25, 0.3) is 0 Å². The Kier molecular flexibility index (Phi) is 5.28. The molecule has 0 unspecified atom stereocenters. The van der Waals surface area contributed by atoms with E-state index < -0.39 is 6.04 Å². The lowest BCUT2D eigenvalue weighted by Gasteiger charge is -2.11. The number of benzene rings is 1. The highest BCUT2D eigenvalue weighted by molar-refractivity contribution is 5.81. The first-order valence-corrected chi connectivity index (χ1v) is 6.38. The van der Waals surface area contributed by atoms with E-state index in [2.05, 4.69) is 15.3 Å². The lowest BCUT2D eigenvalue weighted by Crippen LogP contribution is -2.42. The van der Waals surface area contributed by atoms with E-state index in [1.165, 1.54) is 0 Å². The molecule has 0 aliphatic rings. The SMILES string of the molecule is N[C@@H](Cc1c[nH]cn1)C(=O)NCOCc1ccccc1. The van der Waals surface area contributed by atoms with Gasteiger partial charge < -0.3 is 20.8 Å². The number of nitrogens with zero attached hydrogens (tertiary/aromatic N) is 1. The standard InChI is InChI=1S/C14H18N4O2/c15-13(6-12-7-16-9-17-12)14(19)18-10-20-8-11-4-2-1-3-5-11/h1-5,7,9,13H,6,8,10,15H2,(H,16,17)(H,18,19)/t13-/m0/s1. The number of nitrogens with one attached hydrogen (secondary N) is 2. The van der Waals surface area contributed by atoms with Gasteiger partial charge in [-0.2, -0.15) is 0 Å². The number of carbonyl (C=O) groups is 1. The maximum absolute atomic E-state index is 11.7. The van der Waals surface area contributed by atoms with E-state index in [-0.39, 0.29) is 12.6 Å². The molecule has 0 radical (unpaired) electrons. The molecule has 1 heterocycles. The van der Waals surface area contributed by atoms with Gasteiger partial charge in [-0.3, -0.25) is 4.79 Å². The summed E-state index contributed by atoms with van der Waals surface area (Å²) in [6.07, 6.45) is 3.68. The zero-order valence-electron chi connectivity index (χ0n) is 11.1. The zero-order chi connectivity index (χ0) is 14.2. The topological polar surface area (TPSA) is 93.0 Å². The van der Waals surface area contributed by atoms with Gasteiger partial charge >= 0.3 is 0 Å². The summed E-state index contributed by atoms with van der Waals surface area (Å²) in [5.74, 6) is -0.249. The first kappa shape index (κ1) is 14.2. The van der Waals surface area contributed by atoms with Gasteiger partial charge in [0.25, 0.3) is 0 Å². The molecule has 1 atom stereocenters. The maximum atomic E-state index is 11.7. The van der Waals surface area contributed by atoms with Crippen molar-refractivity contribution >= 4 is 5.91 Å². The summed E-state index contributed by atoms with van der Waals surface area (Å²) in [6.45, 7) is 0.595. The summed E-state index contributed by atoms with van der Waals surface area (Å²) in [7, 11) is 0. The van der Waals surface area contributed by atoms with Gasteiger partial charge in [-0.15, -0.1) is 0 Å². The van der Waals surface area contributed by atoms with Gasteiger partial charge in [-0.1, -0.05) is 30.3 Å². The zero-order valence-corrected chi connectivity index (χ0v) is 11.1. The number of aromatic nitrogens is 2. The molecule has 20 heavy (non-hydrogen) atoms. The molecule has 0 saturated carbocycles. The molecular formula is C14H18N4O2. The molecular weight excluding hydrogens is 256 g/mol. The molecule has 0 spiro atoms. The third-order valence-corrected chi connectivity index (χ3v) is 2.78. The predicted molar refractivity (Wildman–Crippen MR) is 74.5 cm³/mol. The first-order chi connectivity index (χ1) is 9.75. The molecule has 1 amide bonds. The largest absolute Gasteiger partial charge is 0.357 e. The molecule has 0 bridgehead atoms. The number of hydrogen-bond acceptors (Lipinski definition) is 4. The molecule has 4 N–H and O–H groups in total. The predicted octanol–water partition coefficient (Wildman–Crippen LogP) is 0.570. The number of ether oxygens (including phenoxy) is 1. The van der Waals surface area contributed by atoms with Crippen molar-refractivity contribution in [2.45, 2.75) is 19.1 Å². The molecule has 6 heteroatoms. The van der Waals surface area contributed by atoms with E-state index in [0.29, 0.717) is 13.0 Å². The fraction of sp³-hybridized carbons (Fsp3) is 0.286. The quantitative estimate of drug-likeness (QED) is 0.508. The Bertz CT molecular complexity index is 513. The van der Waals surface area contributed by atoms with Gasteiger partial charge in [-0.05, 0) is 5.56 Å². The van der Waals surface area contributed by atoms with Crippen LogP contribution in [0.1, 0.15) is 11.3 Å². The minimum absolute atomic E-state index is 0.141. The molecule has 0 aliphatic heterocycles. The van der Waals surface area contributed by atoms with Gasteiger partial charge in [0.05, 0.1) is 24.7 Å². The van der Waals surface area contributed by atoms with Crippen LogP contribution in [0.15, 0.2) is 42.9 Å². The van der Waals surface area contributed by atoms with Gasteiger partial charge in [-0.25, -0.2) is 4.98 Å². The minimum atomic E-state index is -0.626. The number of H-pyrrole nitrogens is 1. The number of hydrogen-bond donors (Lipinski definition) is 3. The Labute approximate surface area is 117 Å². The molecule has 2 rings (SSSR count). The first-order valence-electron chi connectivity index (χ1n) is 6.38. The van der Waals surface area contributed by atoms with Crippen LogP contribution in [0.5, 0.6) is 0 Å². The van der Waals surface area contributed by atoms with E-state index in [9.17, 15) is 4.79 Å². The van der Waals surface area contributed by atoms with Crippen molar-refractivity contribution < 1.29 is 9.53 Å². The van der Waals surface area contributed by atoms with E-state index in [1.54, 1.807) is 12.5 Å². The van der Waals surface area contributed by atoms with Crippen LogP contribution >= 0.6 is 0 Å². The molecule has 1 aromatic heterocycles. The Morgan fingerprint density at radius 2 is 2.20 bits per heavy atom. The number of aromatic amines is 1. The van der Waals surface area contributed by atoms with Gasteiger partial charge in [0.15, 0.2) is 0 Å². The maximum Gasteiger partial charge on any atom is 0.239 e. The van der Waals surface area contributed by atoms with Crippen molar-refractivity contribution in [1.82, 2.24) is 15.3 Å². The Morgan fingerprint density at radius 3 is 2.90 bits per heavy atom. The summed E-state index contributed by atoms with van der Waals surface area (Å²) in [6, 6.07) is 9.13. The minimum Gasteiger partial charge on any atom is -0.357 e. The van der Waals surface area contributed by atoms with Crippen LogP contribution in [0.4, 0.5) is 0 Å². The highest BCUT2D eigenvalue weighted by Crippen LogP contribution is 2.00. The Hall–Kier alpha value is -2.18. The lowest BCUT2D eigenvalue weighted by atomic mass is 10.2. The normalized spacial score (nSPS) is 12.1. The van der Waals surface area contributed by atoms with Crippen molar-refractivity contribution in [3.8, 4) is 0 Å². The molecule has 0 fully saturated rings. The smallest absolute Gasteiger partial charge is 0.239 e. The van der Waals surface area contributed by atoms with E-state index in [0.717, 1.165) is 11.3 Å². The highest BCUT2D eigenvalue weighted by atomic mass is 16.5. The van der Waals surface area contributed by atoms with Gasteiger partial charge in [0.2, 0.25) is 5.91 Å². The number of amides is 1. The summed E-state index contributed by atoms with van der Waals surface area (Å²) in [5, 5.41) is 2.64.